The van der Waals surface area contributed by atoms with Crippen LogP contribution in [0.2, 0.25) is 0 Å². The van der Waals surface area contributed by atoms with Crippen molar-refractivity contribution in [1.29, 1.82) is 0 Å². The molecule has 1 aromatic carbocycles. The van der Waals surface area contributed by atoms with E-state index in [4.69, 9.17) is 0 Å². The van der Waals surface area contributed by atoms with Gasteiger partial charge >= 0.3 is 0 Å². The third kappa shape index (κ3) is 3.83. The molecule has 99 valence electrons. The number of benzene rings is 1. The number of hydrogen-bond donors (Lipinski definition) is 0. The van der Waals surface area contributed by atoms with Crippen LogP contribution in [0.3, 0.4) is 0 Å². The average molecular weight is 247 g/mol. The first-order valence-electron chi connectivity index (χ1n) is 7.34. The van der Waals surface area contributed by atoms with E-state index in [0.717, 1.165) is 5.92 Å². The Balaban J connectivity index is 1.97. The van der Waals surface area contributed by atoms with Crippen LogP contribution in [0, 0.1) is 18.2 Å². The van der Waals surface area contributed by atoms with Crippen LogP contribution in [0.4, 0.5) is 4.39 Å². The Bertz CT molecular complexity index is 333. The Kier molecular flexibility index (Phi) is 5.22. The molecule has 0 aliphatic heterocycles. The Morgan fingerprint density at radius 1 is 1.11 bits per heavy atom. The van der Waals surface area contributed by atoms with Gasteiger partial charge in [-0.1, -0.05) is 57.6 Å². The second-order valence-electron chi connectivity index (χ2n) is 5.58. The molecule has 2 rings (SSSR count). The molecule has 1 fully saturated rings. The average Bonchev–Trinajstić information content (AvgIpc) is 2.66. The predicted octanol–water partition coefficient (Wildman–Crippen LogP) is 5.49. The highest BCUT2D eigenvalue weighted by molar-refractivity contribution is 5.22. The van der Waals surface area contributed by atoms with Crippen molar-refractivity contribution >= 4 is 0 Å². The first-order chi connectivity index (χ1) is 8.79. The third-order valence-electron chi connectivity index (χ3n) is 4.26. The van der Waals surface area contributed by atoms with E-state index in [1.807, 2.05) is 12.1 Å². The van der Waals surface area contributed by atoms with Gasteiger partial charge in [0.2, 0.25) is 0 Å². The molecule has 1 aromatic rings. The second kappa shape index (κ2) is 6.92. The summed E-state index contributed by atoms with van der Waals surface area (Å²) in [4.78, 5) is 0. The molecule has 0 amide bonds. The van der Waals surface area contributed by atoms with Gasteiger partial charge in [0, 0.05) is 0 Å². The van der Waals surface area contributed by atoms with Crippen LogP contribution in [0.1, 0.15) is 63.4 Å². The van der Waals surface area contributed by atoms with E-state index in [9.17, 15) is 4.39 Å². The molecule has 0 saturated heterocycles. The van der Waals surface area contributed by atoms with E-state index in [-0.39, 0.29) is 5.82 Å². The molecule has 1 saturated carbocycles. The highest BCUT2D eigenvalue weighted by Gasteiger charge is 2.18. The summed E-state index contributed by atoms with van der Waals surface area (Å²) in [6, 6.07) is 7.05. The van der Waals surface area contributed by atoms with Gasteiger partial charge in [-0.15, -0.1) is 0 Å². The van der Waals surface area contributed by atoms with Gasteiger partial charge in [0.15, 0.2) is 0 Å². The van der Waals surface area contributed by atoms with Crippen LogP contribution in [0.5, 0.6) is 0 Å². The summed E-state index contributed by atoms with van der Waals surface area (Å²) in [6.45, 7) is 2.13. The van der Waals surface area contributed by atoms with Gasteiger partial charge in [-0.3, -0.25) is 0 Å². The molecule has 0 spiro atoms. The maximum absolute atomic E-state index is 13.0. The van der Waals surface area contributed by atoms with Crippen molar-refractivity contribution in [3.05, 3.63) is 42.1 Å². The highest BCUT2D eigenvalue weighted by Crippen LogP contribution is 2.33. The molecule has 0 heterocycles. The molecule has 1 aliphatic carbocycles. The molecule has 18 heavy (non-hydrogen) atoms. The quantitative estimate of drug-likeness (QED) is 0.617. The summed E-state index contributed by atoms with van der Waals surface area (Å²) in [5.74, 6) is 1.22. The van der Waals surface area contributed by atoms with E-state index in [0.29, 0.717) is 5.92 Å². The zero-order valence-electron chi connectivity index (χ0n) is 11.4. The monoisotopic (exact) mass is 247 g/mol. The molecular weight excluding hydrogens is 223 g/mol. The summed E-state index contributed by atoms with van der Waals surface area (Å²) >= 11 is 0. The van der Waals surface area contributed by atoms with E-state index < -0.39 is 0 Å². The normalized spacial score (nSPS) is 19.4. The van der Waals surface area contributed by atoms with Gasteiger partial charge in [0.1, 0.15) is 5.82 Å². The van der Waals surface area contributed by atoms with Crippen molar-refractivity contribution in [2.24, 2.45) is 5.92 Å². The van der Waals surface area contributed by atoms with E-state index >= 15 is 0 Å². The standard InChI is InChI=1S/C17H24F/c1-2-15(16-9-11-17(18)12-10-16)13-14-7-5-3-4-6-8-14/h2,9-12,14-15H,3-8,13H2,1H3. The third-order valence-corrected chi connectivity index (χ3v) is 4.26. The molecule has 0 nitrogen and oxygen atoms in total. The van der Waals surface area contributed by atoms with Crippen molar-refractivity contribution in [3.63, 3.8) is 0 Å². The molecule has 0 bridgehead atoms. The Morgan fingerprint density at radius 2 is 1.72 bits per heavy atom. The molecule has 1 atom stereocenters. The lowest BCUT2D eigenvalue weighted by Crippen LogP contribution is -2.07. The lowest BCUT2D eigenvalue weighted by molar-refractivity contribution is 0.404. The molecular formula is C17H24F. The van der Waals surface area contributed by atoms with Crippen LogP contribution in [0.15, 0.2) is 24.3 Å². The van der Waals surface area contributed by atoms with Gasteiger partial charge in [0.05, 0.1) is 0 Å². The van der Waals surface area contributed by atoms with Crippen molar-refractivity contribution in [3.8, 4) is 0 Å². The molecule has 1 aliphatic rings. The van der Waals surface area contributed by atoms with Crippen LogP contribution in [-0.2, 0) is 0 Å². The van der Waals surface area contributed by atoms with Gasteiger partial charge in [-0.2, -0.15) is 0 Å². The predicted molar refractivity (Wildman–Crippen MR) is 74.9 cm³/mol. The van der Waals surface area contributed by atoms with E-state index in [1.54, 1.807) is 12.1 Å². The minimum atomic E-state index is -0.136. The lowest BCUT2D eigenvalue weighted by atomic mass is 9.84. The summed E-state index contributed by atoms with van der Waals surface area (Å²) in [6.07, 6.45) is 11.9. The van der Waals surface area contributed by atoms with Crippen LogP contribution in [-0.4, -0.2) is 0 Å². The fourth-order valence-corrected chi connectivity index (χ4v) is 3.13. The fourth-order valence-electron chi connectivity index (χ4n) is 3.13. The first-order valence-corrected chi connectivity index (χ1v) is 7.34. The summed E-state index contributed by atoms with van der Waals surface area (Å²) < 4.78 is 13.0. The Morgan fingerprint density at radius 3 is 2.28 bits per heavy atom. The second-order valence-corrected chi connectivity index (χ2v) is 5.58. The zero-order chi connectivity index (χ0) is 12.8. The van der Waals surface area contributed by atoms with Gasteiger partial charge < -0.3 is 0 Å². The summed E-state index contributed by atoms with van der Waals surface area (Å²) in [7, 11) is 0. The molecule has 1 radical (unpaired) electrons. The number of rotatable bonds is 4. The fraction of sp³-hybridized carbons (Fsp3) is 0.588. The summed E-state index contributed by atoms with van der Waals surface area (Å²) in [5, 5.41) is 0. The lowest BCUT2D eigenvalue weighted by Gasteiger charge is -2.21. The Labute approximate surface area is 111 Å². The molecule has 0 N–H and O–H groups in total. The van der Waals surface area contributed by atoms with E-state index in [2.05, 4.69) is 13.3 Å². The first kappa shape index (κ1) is 13.6. The highest BCUT2D eigenvalue weighted by atomic mass is 19.1. The maximum Gasteiger partial charge on any atom is 0.123 e. The zero-order valence-corrected chi connectivity index (χ0v) is 11.4. The summed E-state index contributed by atoms with van der Waals surface area (Å²) in [5.41, 5.74) is 1.27. The number of hydrogen-bond acceptors (Lipinski definition) is 0. The maximum atomic E-state index is 13.0. The van der Waals surface area contributed by atoms with Crippen molar-refractivity contribution in [2.75, 3.05) is 0 Å². The van der Waals surface area contributed by atoms with Crippen molar-refractivity contribution in [2.45, 2.75) is 57.8 Å². The van der Waals surface area contributed by atoms with E-state index in [1.165, 1.54) is 50.5 Å². The topological polar surface area (TPSA) is 0 Å². The number of halogens is 1. The minimum Gasteiger partial charge on any atom is -0.207 e. The smallest absolute Gasteiger partial charge is 0.123 e. The van der Waals surface area contributed by atoms with Crippen LogP contribution < -0.4 is 0 Å². The SMILES string of the molecule is C[CH]C(CC1CCCCCC1)c1ccc(F)cc1. The van der Waals surface area contributed by atoms with Crippen LogP contribution in [0.25, 0.3) is 0 Å². The largest absolute Gasteiger partial charge is 0.207 e. The molecule has 0 aromatic heterocycles. The molecule has 1 heteroatoms. The Hall–Kier alpha value is -0.850. The van der Waals surface area contributed by atoms with Crippen molar-refractivity contribution in [1.82, 2.24) is 0 Å². The minimum absolute atomic E-state index is 0.136. The van der Waals surface area contributed by atoms with Gasteiger partial charge in [-0.25, -0.2) is 4.39 Å². The van der Waals surface area contributed by atoms with Gasteiger partial charge in [0.25, 0.3) is 0 Å². The van der Waals surface area contributed by atoms with Crippen molar-refractivity contribution < 1.29 is 4.39 Å². The van der Waals surface area contributed by atoms with Gasteiger partial charge in [-0.05, 0) is 42.4 Å². The van der Waals surface area contributed by atoms with Crippen LogP contribution >= 0.6 is 0 Å². The molecule has 1 unspecified atom stereocenters.